The number of piperidine rings is 1. The Balaban J connectivity index is 1.54. The number of nitrogens with zero attached hydrogens (tertiary/aromatic N) is 1. The van der Waals surface area contributed by atoms with E-state index in [0.717, 1.165) is 36.7 Å². The van der Waals surface area contributed by atoms with E-state index in [1.165, 1.54) is 12.1 Å². The normalized spacial score (nSPS) is 18.0. The van der Waals surface area contributed by atoms with Gasteiger partial charge in [0.2, 0.25) is 0 Å². The van der Waals surface area contributed by atoms with Gasteiger partial charge in [0, 0.05) is 22.1 Å². The van der Waals surface area contributed by atoms with Crippen LogP contribution in [0.15, 0.2) is 42.6 Å². The van der Waals surface area contributed by atoms with Gasteiger partial charge in [0.25, 0.3) is 0 Å². The van der Waals surface area contributed by atoms with Crippen LogP contribution in [0.25, 0.3) is 10.9 Å². The summed E-state index contributed by atoms with van der Waals surface area (Å²) in [6.45, 7) is 0.866. The summed E-state index contributed by atoms with van der Waals surface area (Å²) in [4.78, 5) is 12.7. The summed E-state index contributed by atoms with van der Waals surface area (Å²) >= 11 is 6.05. The zero-order valence-electron chi connectivity index (χ0n) is 15.1. The number of carbonyl (C=O) groups is 1. The lowest BCUT2D eigenvalue weighted by atomic mass is 9.92. The molecule has 3 aromatic rings. The van der Waals surface area contributed by atoms with Crippen molar-refractivity contribution < 1.29 is 9.18 Å². The third-order valence-electron chi connectivity index (χ3n) is 4.98. The second-order valence-corrected chi connectivity index (χ2v) is 7.44. The van der Waals surface area contributed by atoms with Crippen molar-refractivity contribution in [3.05, 3.63) is 59.0 Å². The minimum Gasteiger partial charge on any atom is -0.329 e. The number of hydrogen-bond donors (Lipinski definition) is 4. The monoisotopic (exact) mass is 401 g/mol. The molecule has 1 saturated heterocycles. The van der Waals surface area contributed by atoms with Crippen molar-refractivity contribution in [1.29, 1.82) is 0 Å². The molecule has 1 aliphatic rings. The highest BCUT2D eigenvalue weighted by Crippen LogP contribution is 2.27. The molecular weight excluding hydrogens is 381 g/mol. The van der Waals surface area contributed by atoms with Crippen molar-refractivity contribution in [1.82, 2.24) is 20.8 Å². The summed E-state index contributed by atoms with van der Waals surface area (Å²) in [5.41, 5.74) is 2.19. The molecule has 0 spiro atoms. The van der Waals surface area contributed by atoms with Gasteiger partial charge in [0.05, 0.1) is 17.8 Å². The van der Waals surface area contributed by atoms with Crippen molar-refractivity contribution in [2.45, 2.75) is 31.3 Å². The largest absolute Gasteiger partial charge is 0.329 e. The van der Waals surface area contributed by atoms with E-state index in [4.69, 9.17) is 11.6 Å². The number of carbonyl (C=O) groups excluding carboxylic acids is 1. The smallest absolute Gasteiger partial charge is 0.319 e. The van der Waals surface area contributed by atoms with Crippen LogP contribution in [0.2, 0.25) is 5.02 Å². The number of urea groups is 1. The Labute approximate surface area is 166 Å². The van der Waals surface area contributed by atoms with Crippen LogP contribution in [0.3, 0.4) is 0 Å². The van der Waals surface area contributed by atoms with Crippen LogP contribution in [-0.4, -0.2) is 28.8 Å². The highest BCUT2D eigenvalue weighted by molar-refractivity contribution is 6.30. The number of fused-ring (bicyclic) bond motifs is 1. The van der Waals surface area contributed by atoms with E-state index >= 15 is 0 Å². The predicted octanol–water partition coefficient (Wildman–Crippen LogP) is 4.36. The summed E-state index contributed by atoms with van der Waals surface area (Å²) in [7, 11) is 0. The number of H-pyrrole nitrogens is 1. The maximum atomic E-state index is 13.9. The van der Waals surface area contributed by atoms with Gasteiger partial charge in [-0.25, -0.2) is 9.18 Å². The number of aromatic amines is 1. The third-order valence-corrected chi connectivity index (χ3v) is 5.20. The number of halogens is 2. The van der Waals surface area contributed by atoms with E-state index < -0.39 is 11.9 Å². The molecule has 0 bridgehead atoms. The molecule has 4 rings (SSSR count). The first-order valence-electron chi connectivity index (χ1n) is 9.28. The third kappa shape index (κ3) is 4.26. The number of amides is 2. The topological polar surface area (TPSA) is 81.8 Å². The molecule has 146 valence electrons. The maximum absolute atomic E-state index is 13.9. The van der Waals surface area contributed by atoms with Gasteiger partial charge in [-0.15, -0.1) is 0 Å². The van der Waals surface area contributed by atoms with Gasteiger partial charge in [-0.3, -0.25) is 5.10 Å². The fraction of sp³-hybridized carbons (Fsp3) is 0.300. The van der Waals surface area contributed by atoms with Gasteiger partial charge < -0.3 is 16.0 Å². The molecule has 6 nitrogen and oxygen atoms in total. The molecule has 1 fully saturated rings. The van der Waals surface area contributed by atoms with E-state index in [1.807, 2.05) is 12.1 Å². The molecule has 2 aromatic carbocycles. The first-order valence-corrected chi connectivity index (χ1v) is 9.66. The fourth-order valence-corrected chi connectivity index (χ4v) is 3.89. The van der Waals surface area contributed by atoms with Crippen LogP contribution in [0.5, 0.6) is 0 Å². The zero-order valence-corrected chi connectivity index (χ0v) is 15.9. The first kappa shape index (κ1) is 18.7. The van der Waals surface area contributed by atoms with Crippen LogP contribution < -0.4 is 16.0 Å². The Kier molecular flexibility index (Phi) is 5.45. The zero-order chi connectivity index (χ0) is 19.5. The SMILES string of the molecule is O=C(Nc1ccc2[nH]ncc2c1)NC(c1cc(F)cc(Cl)c1)C1CCCCN1. The lowest BCUT2D eigenvalue weighted by Gasteiger charge is -2.32. The van der Waals surface area contributed by atoms with Crippen molar-refractivity contribution in [3.63, 3.8) is 0 Å². The Morgan fingerprint density at radius 3 is 2.93 bits per heavy atom. The number of anilines is 1. The summed E-state index contributed by atoms with van der Waals surface area (Å²) in [6, 6.07) is 9.12. The summed E-state index contributed by atoms with van der Waals surface area (Å²) in [6.07, 6.45) is 4.73. The number of aromatic nitrogens is 2. The van der Waals surface area contributed by atoms with E-state index in [1.54, 1.807) is 18.3 Å². The molecule has 2 amide bonds. The molecule has 0 saturated carbocycles. The van der Waals surface area contributed by atoms with E-state index in [9.17, 15) is 9.18 Å². The Morgan fingerprint density at radius 1 is 1.25 bits per heavy atom. The molecule has 0 aliphatic carbocycles. The van der Waals surface area contributed by atoms with Gasteiger partial charge in [-0.2, -0.15) is 5.10 Å². The van der Waals surface area contributed by atoms with Crippen molar-refractivity contribution in [3.8, 4) is 0 Å². The lowest BCUT2D eigenvalue weighted by molar-refractivity contribution is 0.240. The second-order valence-electron chi connectivity index (χ2n) is 7.01. The molecule has 2 atom stereocenters. The first-order chi connectivity index (χ1) is 13.6. The number of benzene rings is 2. The lowest BCUT2D eigenvalue weighted by Crippen LogP contribution is -2.47. The second kappa shape index (κ2) is 8.16. The van der Waals surface area contributed by atoms with Crippen LogP contribution in [0.1, 0.15) is 30.9 Å². The highest BCUT2D eigenvalue weighted by Gasteiger charge is 2.27. The molecule has 0 radical (unpaired) electrons. The number of rotatable bonds is 4. The van der Waals surface area contributed by atoms with E-state index in [-0.39, 0.29) is 12.1 Å². The molecule has 4 N–H and O–H groups in total. The Morgan fingerprint density at radius 2 is 2.14 bits per heavy atom. The minimum absolute atomic E-state index is 0.00807. The molecular formula is C20H21ClFN5O. The van der Waals surface area contributed by atoms with Gasteiger partial charge in [0.15, 0.2) is 0 Å². The van der Waals surface area contributed by atoms with E-state index in [2.05, 4.69) is 26.1 Å². The molecule has 1 aliphatic heterocycles. The molecule has 1 aromatic heterocycles. The van der Waals surface area contributed by atoms with Gasteiger partial charge in [-0.05, 0) is 61.3 Å². The molecule has 8 heteroatoms. The van der Waals surface area contributed by atoms with Crippen LogP contribution in [-0.2, 0) is 0 Å². The number of hydrogen-bond acceptors (Lipinski definition) is 3. The summed E-state index contributed by atoms with van der Waals surface area (Å²) in [5.74, 6) is -0.420. The van der Waals surface area contributed by atoms with Crippen LogP contribution >= 0.6 is 11.6 Å². The average molecular weight is 402 g/mol. The molecule has 2 heterocycles. The fourth-order valence-electron chi connectivity index (χ4n) is 3.66. The Hall–Kier alpha value is -2.64. The minimum atomic E-state index is -0.420. The maximum Gasteiger partial charge on any atom is 0.319 e. The summed E-state index contributed by atoms with van der Waals surface area (Å²) in [5, 5.41) is 17.3. The van der Waals surface area contributed by atoms with E-state index in [0.29, 0.717) is 16.3 Å². The van der Waals surface area contributed by atoms with Gasteiger partial charge in [0.1, 0.15) is 5.82 Å². The van der Waals surface area contributed by atoms with Crippen molar-refractivity contribution >= 4 is 34.2 Å². The number of nitrogens with one attached hydrogen (secondary N) is 4. The quantitative estimate of drug-likeness (QED) is 0.524. The van der Waals surface area contributed by atoms with Crippen molar-refractivity contribution in [2.24, 2.45) is 0 Å². The average Bonchev–Trinajstić information content (AvgIpc) is 3.14. The van der Waals surface area contributed by atoms with Crippen LogP contribution in [0, 0.1) is 5.82 Å². The van der Waals surface area contributed by atoms with Crippen LogP contribution in [0.4, 0.5) is 14.9 Å². The van der Waals surface area contributed by atoms with Gasteiger partial charge in [-0.1, -0.05) is 18.0 Å². The van der Waals surface area contributed by atoms with Gasteiger partial charge >= 0.3 is 6.03 Å². The standard InChI is InChI=1S/C20H21ClFN5O/c21-14-7-12(8-15(22)10-14)19(18-3-1-2-6-23-18)26-20(28)25-16-4-5-17-13(9-16)11-24-27-17/h4-5,7-11,18-19,23H,1-3,6H2,(H,24,27)(H2,25,26,28). The van der Waals surface area contributed by atoms with Crippen molar-refractivity contribution in [2.75, 3.05) is 11.9 Å². The molecule has 28 heavy (non-hydrogen) atoms. The Bertz CT molecular complexity index is 965. The molecule has 2 unspecified atom stereocenters. The predicted molar refractivity (Wildman–Crippen MR) is 108 cm³/mol. The summed E-state index contributed by atoms with van der Waals surface area (Å²) < 4.78 is 13.9. The highest BCUT2D eigenvalue weighted by atomic mass is 35.5.